The van der Waals surface area contributed by atoms with E-state index in [0.29, 0.717) is 16.9 Å². The van der Waals surface area contributed by atoms with Crippen molar-refractivity contribution in [2.75, 3.05) is 0 Å². The lowest BCUT2D eigenvalue weighted by atomic mass is 10.2. The molecule has 0 atom stereocenters. The Bertz CT molecular complexity index is 766. The first-order valence-electron chi connectivity index (χ1n) is 5.40. The summed E-state index contributed by atoms with van der Waals surface area (Å²) < 4.78 is 6.66. The molecule has 0 amide bonds. The van der Waals surface area contributed by atoms with E-state index in [1.54, 1.807) is 12.1 Å². The lowest BCUT2D eigenvalue weighted by molar-refractivity contribution is 0.595. The first kappa shape index (κ1) is 11.4. The molecule has 0 unspecified atom stereocenters. The maximum atomic E-state index is 12.0. The van der Waals surface area contributed by atoms with Crippen molar-refractivity contribution in [1.29, 1.82) is 0 Å². The smallest absolute Gasteiger partial charge is 0.284 e. The fraction of sp³-hybridized carbons (Fsp3) is 0. The molecular formula is C14H8INO2. The molecule has 18 heavy (non-hydrogen) atoms. The zero-order chi connectivity index (χ0) is 12.5. The second-order valence-electron chi connectivity index (χ2n) is 3.83. The number of rotatable bonds is 1. The van der Waals surface area contributed by atoms with Crippen molar-refractivity contribution in [3.8, 4) is 11.5 Å². The highest BCUT2D eigenvalue weighted by Gasteiger charge is 2.08. The Morgan fingerprint density at radius 3 is 2.61 bits per heavy atom. The zero-order valence-electron chi connectivity index (χ0n) is 9.26. The van der Waals surface area contributed by atoms with Crippen molar-refractivity contribution in [2.24, 2.45) is 0 Å². The Morgan fingerprint density at radius 2 is 1.83 bits per heavy atom. The molecule has 0 aliphatic rings. The number of halogens is 1. The molecule has 0 aliphatic heterocycles. The molecule has 0 aliphatic carbocycles. The van der Waals surface area contributed by atoms with Crippen molar-refractivity contribution in [2.45, 2.75) is 0 Å². The van der Waals surface area contributed by atoms with E-state index in [9.17, 15) is 4.79 Å². The third-order valence-electron chi connectivity index (χ3n) is 2.60. The van der Waals surface area contributed by atoms with E-state index in [1.165, 1.54) is 0 Å². The molecule has 4 heteroatoms. The molecule has 1 aromatic heterocycles. The molecule has 88 valence electrons. The van der Waals surface area contributed by atoms with Crippen LogP contribution in [0.15, 0.2) is 57.7 Å². The normalized spacial score (nSPS) is 10.7. The Kier molecular flexibility index (Phi) is 2.87. The van der Waals surface area contributed by atoms with Gasteiger partial charge in [-0.2, -0.15) is 4.98 Å². The Morgan fingerprint density at radius 1 is 1.06 bits per heavy atom. The molecule has 0 bridgehead atoms. The van der Waals surface area contributed by atoms with Crippen LogP contribution in [-0.4, -0.2) is 4.98 Å². The number of hydrogen-bond donors (Lipinski definition) is 0. The molecule has 3 rings (SSSR count). The monoisotopic (exact) mass is 349 g/mol. The van der Waals surface area contributed by atoms with E-state index >= 15 is 0 Å². The molecule has 0 saturated carbocycles. The average Bonchev–Trinajstić information content (AvgIpc) is 2.40. The predicted octanol–water partition coefficient (Wildman–Crippen LogP) is 3.46. The van der Waals surface area contributed by atoms with Gasteiger partial charge < -0.3 is 4.42 Å². The number of fused-ring (bicyclic) bond motifs is 1. The van der Waals surface area contributed by atoms with Crippen LogP contribution in [0, 0.1) is 3.57 Å². The van der Waals surface area contributed by atoms with Crippen molar-refractivity contribution in [1.82, 2.24) is 4.98 Å². The van der Waals surface area contributed by atoms with E-state index in [0.717, 1.165) is 9.13 Å². The summed E-state index contributed by atoms with van der Waals surface area (Å²) in [5, 5.41) is 0.515. The SMILES string of the molecule is O=c1nc(-c2ccccc2)oc2ccc(I)cc12. The summed E-state index contributed by atoms with van der Waals surface area (Å²) in [5.41, 5.74) is 1.11. The molecule has 3 nitrogen and oxygen atoms in total. The molecule has 0 radical (unpaired) electrons. The highest BCUT2D eigenvalue weighted by atomic mass is 127. The van der Waals surface area contributed by atoms with Crippen molar-refractivity contribution in [3.05, 3.63) is 62.5 Å². The van der Waals surface area contributed by atoms with Gasteiger partial charge in [-0.1, -0.05) is 18.2 Å². The predicted molar refractivity (Wildman–Crippen MR) is 78.4 cm³/mol. The van der Waals surface area contributed by atoms with Gasteiger partial charge in [0.1, 0.15) is 5.58 Å². The third kappa shape index (κ3) is 2.03. The van der Waals surface area contributed by atoms with Crippen LogP contribution >= 0.6 is 22.6 Å². The van der Waals surface area contributed by atoms with Gasteiger partial charge in [-0.05, 0) is 52.9 Å². The molecule has 3 aromatic rings. The van der Waals surface area contributed by atoms with Gasteiger partial charge in [-0.3, -0.25) is 4.79 Å². The van der Waals surface area contributed by atoms with Crippen LogP contribution in [0.5, 0.6) is 0 Å². The minimum Gasteiger partial charge on any atom is -0.437 e. The maximum Gasteiger partial charge on any atom is 0.284 e. The lowest BCUT2D eigenvalue weighted by Crippen LogP contribution is -2.07. The third-order valence-corrected chi connectivity index (χ3v) is 3.27. The maximum absolute atomic E-state index is 12.0. The minimum atomic E-state index is -0.256. The van der Waals surface area contributed by atoms with Crippen LogP contribution in [0.1, 0.15) is 0 Å². The second-order valence-corrected chi connectivity index (χ2v) is 5.08. The van der Waals surface area contributed by atoms with Crippen LogP contribution in [-0.2, 0) is 0 Å². The topological polar surface area (TPSA) is 43.1 Å². The van der Waals surface area contributed by atoms with Crippen LogP contribution in [0.3, 0.4) is 0 Å². The molecule has 1 heterocycles. The fourth-order valence-corrected chi connectivity index (χ4v) is 2.23. The van der Waals surface area contributed by atoms with Crippen LogP contribution in [0.4, 0.5) is 0 Å². The van der Waals surface area contributed by atoms with Gasteiger partial charge >= 0.3 is 0 Å². The van der Waals surface area contributed by atoms with Gasteiger partial charge in [0.2, 0.25) is 5.89 Å². The number of hydrogen-bond acceptors (Lipinski definition) is 3. The first-order chi connectivity index (χ1) is 8.74. The van der Waals surface area contributed by atoms with Crippen molar-refractivity contribution < 1.29 is 4.42 Å². The summed E-state index contributed by atoms with van der Waals surface area (Å²) in [7, 11) is 0. The molecule has 0 fully saturated rings. The van der Waals surface area contributed by atoms with E-state index in [2.05, 4.69) is 27.6 Å². The summed E-state index contributed by atoms with van der Waals surface area (Å²) in [6, 6.07) is 14.9. The Hall–Kier alpha value is -1.69. The van der Waals surface area contributed by atoms with E-state index < -0.39 is 0 Å². The minimum absolute atomic E-state index is 0.256. The highest BCUT2D eigenvalue weighted by molar-refractivity contribution is 14.1. The fourth-order valence-electron chi connectivity index (χ4n) is 1.74. The van der Waals surface area contributed by atoms with Crippen LogP contribution < -0.4 is 5.56 Å². The summed E-state index contributed by atoms with van der Waals surface area (Å²) >= 11 is 2.16. The molecular weight excluding hydrogens is 341 g/mol. The summed E-state index contributed by atoms with van der Waals surface area (Å²) in [4.78, 5) is 15.9. The van der Waals surface area contributed by atoms with Crippen molar-refractivity contribution >= 4 is 33.6 Å². The van der Waals surface area contributed by atoms with Gasteiger partial charge in [-0.15, -0.1) is 0 Å². The van der Waals surface area contributed by atoms with Gasteiger partial charge in [0.05, 0.1) is 5.39 Å². The summed E-state index contributed by atoms with van der Waals surface area (Å²) in [6.45, 7) is 0. The molecule has 2 aromatic carbocycles. The van der Waals surface area contributed by atoms with Crippen LogP contribution in [0.2, 0.25) is 0 Å². The van der Waals surface area contributed by atoms with E-state index in [-0.39, 0.29) is 5.56 Å². The van der Waals surface area contributed by atoms with Gasteiger partial charge in [-0.25, -0.2) is 0 Å². The van der Waals surface area contributed by atoms with E-state index in [4.69, 9.17) is 4.42 Å². The Balaban J connectivity index is 2.29. The van der Waals surface area contributed by atoms with Gasteiger partial charge in [0.25, 0.3) is 5.56 Å². The standard InChI is InChI=1S/C14H8INO2/c15-10-6-7-12-11(8-10)13(17)16-14(18-12)9-4-2-1-3-5-9/h1-8H. The van der Waals surface area contributed by atoms with Gasteiger partial charge in [0, 0.05) is 9.13 Å². The number of aromatic nitrogens is 1. The van der Waals surface area contributed by atoms with Crippen LogP contribution in [0.25, 0.3) is 22.4 Å². The summed E-state index contributed by atoms with van der Waals surface area (Å²) in [5.74, 6) is 0.356. The quantitative estimate of drug-likeness (QED) is 0.632. The summed E-state index contributed by atoms with van der Waals surface area (Å²) in [6.07, 6.45) is 0. The van der Waals surface area contributed by atoms with Gasteiger partial charge in [0.15, 0.2) is 0 Å². The lowest BCUT2D eigenvalue weighted by Gasteiger charge is -2.01. The molecule has 0 spiro atoms. The van der Waals surface area contributed by atoms with E-state index in [1.807, 2.05) is 36.4 Å². The second kappa shape index (κ2) is 4.53. The average molecular weight is 349 g/mol. The number of benzene rings is 2. The number of nitrogens with zero attached hydrogens (tertiary/aromatic N) is 1. The molecule has 0 saturated heterocycles. The molecule has 0 N–H and O–H groups in total. The Labute approximate surface area is 117 Å². The first-order valence-corrected chi connectivity index (χ1v) is 6.48. The zero-order valence-corrected chi connectivity index (χ0v) is 11.4. The largest absolute Gasteiger partial charge is 0.437 e. The van der Waals surface area contributed by atoms with Crippen molar-refractivity contribution in [3.63, 3.8) is 0 Å². The highest BCUT2D eigenvalue weighted by Crippen LogP contribution is 2.20.